The molecule has 0 aromatic carbocycles. The van der Waals surface area contributed by atoms with Gasteiger partial charge in [0.05, 0.1) is 24.5 Å². The van der Waals surface area contributed by atoms with Crippen molar-refractivity contribution in [2.24, 2.45) is 0 Å². The topological polar surface area (TPSA) is 58.2 Å². The summed E-state index contributed by atoms with van der Waals surface area (Å²) in [7, 11) is 0. The van der Waals surface area contributed by atoms with Crippen LogP contribution in [0.15, 0.2) is 12.4 Å². The Morgan fingerprint density at radius 1 is 1.59 bits per heavy atom. The van der Waals surface area contributed by atoms with Gasteiger partial charge in [-0.15, -0.1) is 0 Å². The van der Waals surface area contributed by atoms with Crippen LogP contribution in [-0.2, 0) is 4.74 Å². The van der Waals surface area contributed by atoms with Gasteiger partial charge in [0.15, 0.2) is 0 Å². The Morgan fingerprint density at radius 2 is 2.35 bits per heavy atom. The van der Waals surface area contributed by atoms with Gasteiger partial charge in [-0.2, -0.15) is 5.10 Å². The molecule has 17 heavy (non-hydrogen) atoms. The van der Waals surface area contributed by atoms with Crippen LogP contribution in [0.2, 0.25) is 0 Å². The fourth-order valence-corrected chi connectivity index (χ4v) is 2.17. The Bertz CT molecular complexity index is 348. The summed E-state index contributed by atoms with van der Waals surface area (Å²) in [6.07, 6.45) is 5.32. The minimum absolute atomic E-state index is 0.0534. The molecule has 1 fully saturated rings. The van der Waals surface area contributed by atoms with Gasteiger partial charge in [-0.1, -0.05) is 15.9 Å². The molecule has 0 bridgehead atoms. The molecule has 2 rings (SSSR count). The predicted octanol–water partition coefficient (Wildman–Crippen LogP) is 1.43. The van der Waals surface area contributed by atoms with Gasteiger partial charge in [0, 0.05) is 24.6 Å². The van der Waals surface area contributed by atoms with E-state index in [0.29, 0.717) is 11.7 Å². The molecule has 1 aromatic heterocycles. The monoisotopic (exact) mass is 301 g/mol. The number of halogens is 1. The number of nitrogens with one attached hydrogen (secondary N) is 1. The van der Waals surface area contributed by atoms with E-state index in [1.54, 1.807) is 12.4 Å². The minimum Gasteiger partial charge on any atom is -0.377 e. The third kappa shape index (κ3) is 3.29. The van der Waals surface area contributed by atoms with E-state index in [4.69, 9.17) is 4.74 Å². The number of piperidine rings is 1. The molecule has 1 amide bonds. The lowest BCUT2D eigenvalue weighted by Gasteiger charge is -2.31. The average molecular weight is 302 g/mol. The predicted molar refractivity (Wildman–Crippen MR) is 67.3 cm³/mol. The number of nitrogens with zero attached hydrogens (tertiary/aromatic N) is 2. The number of carbonyl (C=O) groups excluding carboxylic acids is 1. The molecule has 0 spiro atoms. The third-order valence-corrected chi connectivity index (χ3v) is 3.23. The van der Waals surface area contributed by atoms with Gasteiger partial charge in [-0.05, 0) is 12.8 Å². The quantitative estimate of drug-likeness (QED) is 0.856. The van der Waals surface area contributed by atoms with Crippen molar-refractivity contribution < 1.29 is 9.53 Å². The molecule has 1 aliphatic rings. The van der Waals surface area contributed by atoms with E-state index in [2.05, 4.69) is 26.1 Å². The second-order valence-electron chi connectivity index (χ2n) is 4.04. The Morgan fingerprint density at radius 3 is 2.94 bits per heavy atom. The molecular formula is C11H16BrN3O2. The number of alkyl halides is 1. The van der Waals surface area contributed by atoms with Crippen molar-refractivity contribution in [3.05, 3.63) is 18.0 Å². The second-order valence-corrected chi connectivity index (χ2v) is 4.83. The summed E-state index contributed by atoms with van der Waals surface area (Å²) < 4.78 is 5.65. The first-order valence-electron chi connectivity index (χ1n) is 5.77. The number of carbonyl (C=O) groups is 1. The van der Waals surface area contributed by atoms with Crippen molar-refractivity contribution >= 4 is 21.8 Å². The number of amides is 1. The summed E-state index contributed by atoms with van der Waals surface area (Å²) in [5, 5.41) is 7.31. The summed E-state index contributed by atoms with van der Waals surface area (Å²) in [6.45, 7) is 2.26. The molecule has 2 heterocycles. The van der Waals surface area contributed by atoms with Crippen molar-refractivity contribution in [3.8, 4) is 0 Å². The van der Waals surface area contributed by atoms with Crippen LogP contribution >= 0.6 is 15.9 Å². The number of H-pyrrole nitrogens is 1. The Balaban J connectivity index is 1.81. The highest BCUT2D eigenvalue weighted by atomic mass is 79.9. The van der Waals surface area contributed by atoms with Crippen molar-refractivity contribution in [1.29, 1.82) is 0 Å². The SMILES string of the molecule is O=C(c1cn[nH]c1)N1CCC(OCCBr)CC1. The van der Waals surface area contributed by atoms with Crippen LogP contribution in [0.1, 0.15) is 23.2 Å². The van der Waals surface area contributed by atoms with Crippen LogP contribution in [0.3, 0.4) is 0 Å². The van der Waals surface area contributed by atoms with Crippen molar-refractivity contribution in [2.75, 3.05) is 25.0 Å². The van der Waals surface area contributed by atoms with Crippen LogP contribution in [0, 0.1) is 0 Å². The smallest absolute Gasteiger partial charge is 0.257 e. The first-order valence-corrected chi connectivity index (χ1v) is 6.89. The lowest BCUT2D eigenvalue weighted by atomic mass is 10.1. The number of ether oxygens (including phenoxy) is 1. The zero-order valence-electron chi connectivity index (χ0n) is 9.56. The maximum Gasteiger partial charge on any atom is 0.257 e. The first-order chi connectivity index (χ1) is 8.31. The molecule has 0 saturated carbocycles. The van der Waals surface area contributed by atoms with Gasteiger partial charge in [-0.25, -0.2) is 0 Å². The van der Waals surface area contributed by atoms with Crippen molar-refractivity contribution in [2.45, 2.75) is 18.9 Å². The molecular weight excluding hydrogens is 286 g/mol. The van der Waals surface area contributed by atoms with E-state index in [0.717, 1.165) is 37.9 Å². The van der Waals surface area contributed by atoms with E-state index in [-0.39, 0.29) is 5.91 Å². The zero-order valence-corrected chi connectivity index (χ0v) is 11.1. The molecule has 6 heteroatoms. The van der Waals surface area contributed by atoms with E-state index in [1.165, 1.54) is 0 Å². The summed E-state index contributed by atoms with van der Waals surface area (Å²) in [5.74, 6) is 0.0534. The molecule has 1 N–H and O–H groups in total. The molecule has 1 aliphatic heterocycles. The minimum atomic E-state index is 0.0534. The van der Waals surface area contributed by atoms with Crippen LogP contribution in [0.5, 0.6) is 0 Å². The summed E-state index contributed by atoms with van der Waals surface area (Å²) in [4.78, 5) is 13.9. The van der Waals surface area contributed by atoms with E-state index < -0.39 is 0 Å². The van der Waals surface area contributed by atoms with Crippen LogP contribution in [0.4, 0.5) is 0 Å². The summed E-state index contributed by atoms with van der Waals surface area (Å²) in [6, 6.07) is 0. The first kappa shape index (κ1) is 12.6. The van der Waals surface area contributed by atoms with Crippen LogP contribution in [-0.4, -0.2) is 52.1 Å². The molecule has 1 aromatic rings. The number of rotatable bonds is 4. The Labute approximate surface area is 109 Å². The van der Waals surface area contributed by atoms with Gasteiger partial charge in [0.2, 0.25) is 0 Å². The largest absolute Gasteiger partial charge is 0.377 e. The molecule has 0 aliphatic carbocycles. The van der Waals surface area contributed by atoms with Crippen molar-refractivity contribution in [1.82, 2.24) is 15.1 Å². The van der Waals surface area contributed by atoms with E-state index in [9.17, 15) is 4.79 Å². The maximum atomic E-state index is 12.0. The Kier molecular flexibility index (Phi) is 4.56. The number of aromatic nitrogens is 2. The van der Waals surface area contributed by atoms with Gasteiger partial charge < -0.3 is 9.64 Å². The maximum absolute atomic E-state index is 12.0. The van der Waals surface area contributed by atoms with Gasteiger partial charge in [-0.3, -0.25) is 9.89 Å². The van der Waals surface area contributed by atoms with Gasteiger partial charge >= 0.3 is 0 Å². The van der Waals surface area contributed by atoms with Gasteiger partial charge in [0.1, 0.15) is 0 Å². The second kappa shape index (κ2) is 6.16. The molecule has 0 radical (unpaired) electrons. The fourth-order valence-electron chi connectivity index (χ4n) is 1.99. The van der Waals surface area contributed by atoms with Crippen molar-refractivity contribution in [3.63, 3.8) is 0 Å². The molecule has 0 unspecified atom stereocenters. The van der Waals surface area contributed by atoms with Crippen LogP contribution in [0.25, 0.3) is 0 Å². The normalized spacial score (nSPS) is 17.4. The highest BCUT2D eigenvalue weighted by Crippen LogP contribution is 2.15. The summed E-state index contributed by atoms with van der Waals surface area (Å²) >= 11 is 3.34. The highest BCUT2D eigenvalue weighted by Gasteiger charge is 2.24. The standard InChI is InChI=1S/C11H16BrN3O2/c12-3-6-17-10-1-4-15(5-2-10)11(16)9-7-13-14-8-9/h7-8,10H,1-6H2,(H,13,14). The molecule has 94 valence electrons. The number of likely N-dealkylation sites (tertiary alicyclic amines) is 1. The zero-order chi connectivity index (χ0) is 12.1. The van der Waals surface area contributed by atoms with E-state index >= 15 is 0 Å². The van der Waals surface area contributed by atoms with E-state index in [1.807, 2.05) is 4.90 Å². The molecule has 1 saturated heterocycles. The lowest BCUT2D eigenvalue weighted by Crippen LogP contribution is -2.40. The summed E-state index contributed by atoms with van der Waals surface area (Å²) in [5.41, 5.74) is 0.629. The Hall–Kier alpha value is -0.880. The van der Waals surface area contributed by atoms with Gasteiger partial charge in [0.25, 0.3) is 5.91 Å². The molecule has 0 atom stereocenters. The average Bonchev–Trinajstić information content (AvgIpc) is 2.90. The number of aromatic amines is 1. The number of hydrogen-bond donors (Lipinski definition) is 1. The molecule has 5 nitrogen and oxygen atoms in total. The fraction of sp³-hybridized carbons (Fsp3) is 0.636. The highest BCUT2D eigenvalue weighted by molar-refractivity contribution is 9.09. The third-order valence-electron chi connectivity index (χ3n) is 2.91. The van der Waals surface area contributed by atoms with Crippen LogP contribution < -0.4 is 0 Å². The lowest BCUT2D eigenvalue weighted by molar-refractivity contribution is 0.0160. The number of hydrogen-bond acceptors (Lipinski definition) is 3.